The van der Waals surface area contributed by atoms with Gasteiger partial charge in [0.15, 0.2) is 11.6 Å². The number of carbonyl (C=O) groups excluding carboxylic acids is 6. The summed E-state index contributed by atoms with van der Waals surface area (Å²) in [5.41, 5.74) is 8.89. The van der Waals surface area contributed by atoms with Crippen LogP contribution in [-0.2, 0) is 41.6 Å². The van der Waals surface area contributed by atoms with Gasteiger partial charge in [-0.2, -0.15) is 0 Å². The van der Waals surface area contributed by atoms with Crippen molar-refractivity contribution in [3.8, 4) is 22.3 Å². The van der Waals surface area contributed by atoms with Gasteiger partial charge in [0.1, 0.15) is 12.1 Å². The second kappa shape index (κ2) is 22.3. The van der Waals surface area contributed by atoms with E-state index >= 15 is 0 Å². The SMILES string of the molecule is CCCCC[C@H](CC(=O)CNC(=O)c1ccc(-c2ccc(CCCC)cc2)cc1)C(=O)N(C)[C@@H]1C(=O)C[C@@H](C)C(=O)N[C@H](C(=O)OC)Cc2ccc(C)c(c2)-c2cc1ccc2C. The van der Waals surface area contributed by atoms with Crippen LogP contribution in [-0.4, -0.2) is 66.9 Å². The van der Waals surface area contributed by atoms with Crippen molar-refractivity contribution in [2.24, 2.45) is 11.8 Å². The predicted octanol–water partition coefficient (Wildman–Crippen LogP) is 8.87. The standard InChI is InChI=1S/C52H63N3O7/c1-8-10-12-14-42(30-43(56)32-53-50(59)40-25-23-39(24-26-40)38-21-18-36(19-22-38)13-11-9-2)51(60)55(6)48-41-20-16-34(4)45(31-41)44-28-37(17-15-33(44)3)29-46(52(61)62-7)54-49(58)35(5)27-47(48)57/h15-26,28,31,35,42,46,48H,8-14,27,29-30,32H2,1-7H3,(H,53,59)(H,54,58)/t35-,42-,46+,48+/m1/s1. The van der Waals surface area contributed by atoms with Gasteiger partial charge in [0.25, 0.3) is 5.91 Å². The number of esters is 1. The van der Waals surface area contributed by atoms with Crippen LogP contribution in [0.4, 0.5) is 0 Å². The van der Waals surface area contributed by atoms with Gasteiger partial charge in [0.2, 0.25) is 11.8 Å². The third kappa shape index (κ3) is 12.1. The van der Waals surface area contributed by atoms with E-state index in [4.69, 9.17) is 4.74 Å². The van der Waals surface area contributed by atoms with Gasteiger partial charge in [0.05, 0.1) is 13.7 Å². The molecule has 0 radical (unpaired) electrons. The number of methoxy groups -OCH3 is 1. The summed E-state index contributed by atoms with van der Waals surface area (Å²) in [6, 6.07) is 25.3. The lowest BCUT2D eigenvalue weighted by molar-refractivity contribution is -0.146. The molecule has 1 heterocycles. The van der Waals surface area contributed by atoms with E-state index in [9.17, 15) is 28.8 Å². The van der Waals surface area contributed by atoms with Gasteiger partial charge in [-0.1, -0.05) is 113 Å². The minimum atomic E-state index is -1.06. The Morgan fingerprint density at radius 2 is 1.44 bits per heavy atom. The molecule has 62 heavy (non-hydrogen) atoms. The number of hydrogen-bond acceptors (Lipinski definition) is 7. The molecule has 0 saturated heterocycles. The molecule has 3 amide bonds. The van der Waals surface area contributed by atoms with Crippen molar-refractivity contribution in [3.63, 3.8) is 0 Å². The number of hydrogen-bond donors (Lipinski definition) is 2. The highest BCUT2D eigenvalue weighted by atomic mass is 16.5. The summed E-state index contributed by atoms with van der Waals surface area (Å²) in [4.78, 5) is 83.7. The van der Waals surface area contributed by atoms with E-state index < -0.39 is 35.8 Å². The van der Waals surface area contributed by atoms with E-state index in [1.165, 1.54) is 17.6 Å². The maximum Gasteiger partial charge on any atom is 0.328 e. The molecule has 328 valence electrons. The zero-order chi connectivity index (χ0) is 44.9. The molecular formula is C52H63N3O7. The number of rotatable bonds is 16. The topological polar surface area (TPSA) is 139 Å². The molecule has 0 fully saturated rings. The number of ether oxygens (including phenoxy) is 1. The fraction of sp³-hybridized carbons (Fsp3) is 0.423. The zero-order valence-electron chi connectivity index (χ0n) is 37.5. The summed E-state index contributed by atoms with van der Waals surface area (Å²) >= 11 is 0. The largest absolute Gasteiger partial charge is 0.467 e. The summed E-state index contributed by atoms with van der Waals surface area (Å²) in [6.07, 6.45) is 6.13. The maximum absolute atomic E-state index is 14.6. The van der Waals surface area contributed by atoms with Crippen molar-refractivity contribution in [2.45, 2.75) is 111 Å². The Balaban J connectivity index is 1.36. The van der Waals surface area contributed by atoms with Gasteiger partial charge >= 0.3 is 5.97 Å². The van der Waals surface area contributed by atoms with Gasteiger partial charge in [0, 0.05) is 43.7 Å². The molecule has 1 aliphatic rings. The summed E-state index contributed by atoms with van der Waals surface area (Å²) < 4.78 is 5.04. The average molecular weight is 842 g/mol. The average Bonchev–Trinajstić information content (AvgIpc) is 3.27. The fourth-order valence-electron chi connectivity index (χ4n) is 8.26. The van der Waals surface area contributed by atoms with Gasteiger partial charge in [-0.3, -0.25) is 24.0 Å². The number of benzene rings is 4. The predicted molar refractivity (Wildman–Crippen MR) is 243 cm³/mol. The van der Waals surface area contributed by atoms with Crippen LogP contribution in [0.5, 0.6) is 0 Å². The summed E-state index contributed by atoms with van der Waals surface area (Å²) in [7, 11) is 2.86. The number of ketones is 2. The Hall–Kier alpha value is -5.90. The molecule has 0 spiro atoms. The molecule has 5 rings (SSSR count). The van der Waals surface area contributed by atoms with E-state index in [2.05, 4.69) is 48.7 Å². The van der Waals surface area contributed by atoms with Crippen LogP contribution < -0.4 is 10.6 Å². The normalized spacial score (nSPS) is 17.0. The van der Waals surface area contributed by atoms with E-state index in [0.29, 0.717) is 24.0 Å². The highest BCUT2D eigenvalue weighted by Gasteiger charge is 2.36. The number of Topliss-reactive ketones (excluding diaryl/α,β-unsaturated/α-hetero) is 2. The van der Waals surface area contributed by atoms with Crippen molar-refractivity contribution in [1.82, 2.24) is 15.5 Å². The lowest BCUT2D eigenvalue weighted by Crippen LogP contribution is -2.46. The maximum atomic E-state index is 14.6. The Kier molecular flexibility index (Phi) is 16.9. The van der Waals surface area contributed by atoms with Crippen LogP contribution in [0.1, 0.15) is 116 Å². The molecule has 10 heteroatoms. The number of nitrogens with one attached hydrogen (secondary N) is 2. The highest BCUT2D eigenvalue weighted by Crippen LogP contribution is 2.35. The lowest BCUT2D eigenvalue weighted by Gasteiger charge is -2.32. The minimum absolute atomic E-state index is 0.111. The molecule has 0 saturated carbocycles. The molecule has 0 unspecified atom stereocenters. The van der Waals surface area contributed by atoms with E-state index in [1.54, 1.807) is 26.1 Å². The Morgan fingerprint density at radius 3 is 2.08 bits per heavy atom. The van der Waals surface area contributed by atoms with Crippen molar-refractivity contribution < 1.29 is 33.5 Å². The molecule has 4 atom stereocenters. The van der Waals surface area contributed by atoms with Crippen molar-refractivity contribution in [3.05, 3.63) is 118 Å². The van der Waals surface area contributed by atoms with Gasteiger partial charge in [-0.15, -0.1) is 0 Å². The van der Waals surface area contributed by atoms with E-state index in [0.717, 1.165) is 71.0 Å². The van der Waals surface area contributed by atoms with Crippen LogP contribution in [0.2, 0.25) is 0 Å². The minimum Gasteiger partial charge on any atom is -0.467 e. The molecule has 1 aliphatic heterocycles. The Morgan fingerprint density at radius 1 is 0.806 bits per heavy atom. The van der Waals surface area contributed by atoms with Gasteiger partial charge in [-0.05, 0) is 101 Å². The number of nitrogens with zero attached hydrogens (tertiary/aromatic N) is 1. The van der Waals surface area contributed by atoms with Crippen LogP contribution in [0.25, 0.3) is 22.3 Å². The molecule has 2 N–H and O–H groups in total. The first kappa shape index (κ1) is 47.2. The zero-order valence-corrected chi connectivity index (χ0v) is 37.5. The number of likely N-dealkylation sites (N-methyl/N-ethyl adjacent to an activating group) is 1. The number of carbonyl (C=O) groups is 6. The number of unbranched alkanes of at least 4 members (excludes halogenated alkanes) is 3. The molecule has 4 aromatic rings. The monoisotopic (exact) mass is 841 g/mol. The fourth-order valence-corrected chi connectivity index (χ4v) is 8.26. The van der Waals surface area contributed by atoms with Crippen LogP contribution >= 0.6 is 0 Å². The molecule has 4 aromatic carbocycles. The molecule has 0 aliphatic carbocycles. The highest BCUT2D eigenvalue weighted by molar-refractivity contribution is 5.98. The number of aryl methyl sites for hydroxylation is 3. The van der Waals surface area contributed by atoms with E-state index in [-0.39, 0.29) is 49.2 Å². The van der Waals surface area contributed by atoms with Crippen LogP contribution in [0.15, 0.2) is 84.9 Å². The van der Waals surface area contributed by atoms with Crippen molar-refractivity contribution in [1.29, 1.82) is 0 Å². The lowest BCUT2D eigenvalue weighted by atomic mass is 9.87. The second-order valence-corrected chi connectivity index (χ2v) is 16.9. The molecule has 4 bridgehead atoms. The first-order valence-corrected chi connectivity index (χ1v) is 22.1. The molecule has 10 nitrogen and oxygen atoms in total. The third-order valence-corrected chi connectivity index (χ3v) is 12.1. The Labute approximate surface area is 367 Å². The first-order chi connectivity index (χ1) is 29.7. The first-order valence-electron chi connectivity index (χ1n) is 22.1. The summed E-state index contributed by atoms with van der Waals surface area (Å²) in [6.45, 7) is 9.58. The van der Waals surface area contributed by atoms with Crippen LogP contribution in [0.3, 0.4) is 0 Å². The molecular weight excluding hydrogens is 779 g/mol. The van der Waals surface area contributed by atoms with Gasteiger partial charge in [-0.25, -0.2) is 4.79 Å². The van der Waals surface area contributed by atoms with E-state index in [1.807, 2.05) is 62.4 Å². The van der Waals surface area contributed by atoms with Gasteiger partial charge < -0.3 is 20.3 Å². The molecule has 0 aromatic heterocycles. The van der Waals surface area contributed by atoms with Crippen LogP contribution in [0, 0.1) is 25.7 Å². The Bertz CT molecular complexity index is 2230. The summed E-state index contributed by atoms with van der Waals surface area (Å²) in [5.74, 6) is -4.04. The summed E-state index contributed by atoms with van der Waals surface area (Å²) in [5, 5.41) is 5.55. The van der Waals surface area contributed by atoms with Crippen molar-refractivity contribution >= 4 is 35.3 Å². The van der Waals surface area contributed by atoms with Crippen molar-refractivity contribution in [2.75, 3.05) is 20.7 Å². The number of fused-ring (bicyclic) bond motifs is 5. The quantitative estimate of drug-likeness (QED) is 0.0849. The smallest absolute Gasteiger partial charge is 0.328 e. The second-order valence-electron chi connectivity index (χ2n) is 16.9. The number of amides is 3. The third-order valence-electron chi connectivity index (χ3n) is 12.1.